The molecule has 90 valence electrons. The highest BCUT2D eigenvalue weighted by Gasteiger charge is 2.12. The largest absolute Gasteiger partial charge is 0.359 e. The number of aromatic nitrogens is 2. The normalized spacial score (nSPS) is 12.4. The highest BCUT2D eigenvalue weighted by Crippen LogP contribution is 2.27. The van der Waals surface area contributed by atoms with E-state index in [1.165, 1.54) is 21.5 Å². The van der Waals surface area contributed by atoms with Gasteiger partial charge in [-0.1, -0.05) is 0 Å². The van der Waals surface area contributed by atoms with Gasteiger partial charge in [0.05, 0.1) is 6.04 Å². The molecular weight excluding hydrogens is 234 g/mol. The van der Waals surface area contributed by atoms with Crippen molar-refractivity contribution in [2.75, 3.05) is 5.32 Å². The summed E-state index contributed by atoms with van der Waals surface area (Å²) in [6.07, 6.45) is 3.10. The van der Waals surface area contributed by atoms with Gasteiger partial charge in [0.15, 0.2) is 5.82 Å². The van der Waals surface area contributed by atoms with Gasteiger partial charge in [-0.05, 0) is 32.4 Å². The van der Waals surface area contributed by atoms with Crippen LogP contribution in [-0.2, 0) is 0 Å². The van der Waals surface area contributed by atoms with Gasteiger partial charge >= 0.3 is 0 Å². The monoisotopic (exact) mass is 249 g/mol. The summed E-state index contributed by atoms with van der Waals surface area (Å²) in [6, 6.07) is 2.23. The Morgan fingerprint density at radius 1 is 1.47 bits per heavy atom. The van der Waals surface area contributed by atoms with Gasteiger partial charge in [0.25, 0.3) is 5.56 Å². The molecule has 5 heteroatoms. The number of aryl methyl sites for hydroxylation is 2. The van der Waals surface area contributed by atoms with E-state index < -0.39 is 0 Å². The quantitative estimate of drug-likeness (QED) is 0.879. The highest BCUT2D eigenvalue weighted by atomic mass is 32.1. The molecule has 0 bridgehead atoms. The number of H-pyrrole nitrogens is 1. The number of thiophene rings is 1. The van der Waals surface area contributed by atoms with E-state index in [-0.39, 0.29) is 11.6 Å². The van der Waals surface area contributed by atoms with Gasteiger partial charge < -0.3 is 10.3 Å². The Balaban J connectivity index is 2.23. The zero-order chi connectivity index (χ0) is 12.4. The Kier molecular flexibility index (Phi) is 3.28. The zero-order valence-electron chi connectivity index (χ0n) is 10.1. The van der Waals surface area contributed by atoms with Crippen molar-refractivity contribution in [1.82, 2.24) is 9.97 Å². The third-order valence-corrected chi connectivity index (χ3v) is 3.59. The van der Waals surface area contributed by atoms with Gasteiger partial charge in [0.2, 0.25) is 0 Å². The zero-order valence-corrected chi connectivity index (χ0v) is 10.9. The molecule has 0 aromatic carbocycles. The number of hydrogen-bond acceptors (Lipinski definition) is 4. The van der Waals surface area contributed by atoms with Crippen molar-refractivity contribution in [3.8, 4) is 0 Å². The minimum absolute atomic E-state index is 0.0796. The van der Waals surface area contributed by atoms with Crippen molar-refractivity contribution in [2.24, 2.45) is 0 Å². The number of nitrogens with zero attached hydrogens (tertiary/aromatic N) is 1. The molecule has 0 spiro atoms. The number of rotatable bonds is 3. The Bertz CT molecular complexity index is 573. The van der Waals surface area contributed by atoms with Crippen LogP contribution in [0.1, 0.15) is 28.3 Å². The average Bonchev–Trinajstić information content (AvgIpc) is 2.61. The molecule has 2 rings (SSSR count). The molecule has 0 aliphatic heterocycles. The second-order valence-corrected chi connectivity index (χ2v) is 5.46. The van der Waals surface area contributed by atoms with E-state index in [0.29, 0.717) is 5.82 Å². The maximum absolute atomic E-state index is 11.5. The van der Waals surface area contributed by atoms with Gasteiger partial charge in [-0.25, -0.2) is 4.98 Å². The van der Waals surface area contributed by atoms with Crippen molar-refractivity contribution >= 4 is 17.2 Å². The Morgan fingerprint density at radius 2 is 2.24 bits per heavy atom. The molecule has 2 aromatic rings. The summed E-state index contributed by atoms with van der Waals surface area (Å²) in [5, 5.41) is 3.13. The van der Waals surface area contributed by atoms with Gasteiger partial charge in [0, 0.05) is 22.1 Å². The lowest BCUT2D eigenvalue weighted by Crippen LogP contribution is -2.17. The molecule has 2 N–H and O–H groups in total. The average molecular weight is 249 g/mol. The Morgan fingerprint density at radius 3 is 2.82 bits per heavy atom. The van der Waals surface area contributed by atoms with E-state index in [2.05, 4.69) is 35.2 Å². The van der Waals surface area contributed by atoms with Crippen molar-refractivity contribution in [1.29, 1.82) is 0 Å². The molecule has 0 saturated carbocycles. The second kappa shape index (κ2) is 4.71. The molecule has 17 heavy (non-hydrogen) atoms. The first-order valence-corrected chi connectivity index (χ1v) is 6.26. The molecule has 0 aliphatic rings. The summed E-state index contributed by atoms with van der Waals surface area (Å²) >= 11 is 1.77. The summed E-state index contributed by atoms with van der Waals surface area (Å²) in [7, 11) is 0. The molecule has 2 heterocycles. The van der Waals surface area contributed by atoms with Gasteiger partial charge in [0.1, 0.15) is 0 Å². The summed E-state index contributed by atoms with van der Waals surface area (Å²) in [5.41, 5.74) is 1.03. The number of nitrogens with one attached hydrogen (secondary N) is 2. The van der Waals surface area contributed by atoms with E-state index in [1.807, 2.05) is 6.92 Å². The van der Waals surface area contributed by atoms with E-state index in [4.69, 9.17) is 0 Å². The number of hydrogen-bond donors (Lipinski definition) is 2. The van der Waals surface area contributed by atoms with Crippen LogP contribution in [0.2, 0.25) is 0 Å². The number of anilines is 1. The lowest BCUT2D eigenvalue weighted by Gasteiger charge is -2.13. The molecule has 0 amide bonds. The van der Waals surface area contributed by atoms with Crippen LogP contribution in [0, 0.1) is 13.8 Å². The molecular formula is C12H15N3OS. The highest BCUT2D eigenvalue weighted by molar-refractivity contribution is 7.12. The third-order valence-electron chi connectivity index (χ3n) is 2.61. The van der Waals surface area contributed by atoms with Gasteiger partial charge in [-0.3, -0.25) is 4.79 Å². The first-order valence-electron chi connectivity index (χ1n) is 5.45. The molecule has 0 fully saturated rings. The van der Waals surface area contributed by atoms with Crippen LogP contribution in [0.15, 0.2) is 23.3 Å². The Hall–Kier alpha value is -1.62. The predicted octanol–water partition coefficient (Wildman–Crippen LogP) is 2.62. The van der Waals surface area contributed by atoms with E-state index in [9.17, 15) is 4.79 Å². The summed E-state index contributed by atoms with van der Waals surface area (Å²) in [5.74, 6) is 0.364. The maximum Gasteiger partial charge on any atom is 0.290 e. The van der Waals surface area contributed by atoms with Crippen LogP contribution in [0.25, 0.3) is 0 Å². The molecule has 0 aliphatic carbocycles. The van der Waals surface area contributed by atoms with E-state index >= 15 is 0 Å². The summed E-state index contributed by atoms with van der Waals surface area (Å²) in [6.45, 7) is 6.21. The van der Waals surface area contributed by atoms with Crippen molar-refractivity contribution in [2.45, 2.75) is 26.8 Å². The van der Waals surface area contributed by atoms with Crippen LogP contribution >= 0.6 is 11.3 Å². The lowest BCUT2D eigenvalue weighted by molar-refractivity contribution is 0.864. The van der Waals surface area contributed by atoms with Crippen molar-refractivity contribution in [3.63, 3.8) is 0 Å². The molecule has 1 unspecified atom stereocenters. The van der Waals surface area contributed by atoms with Gasteiger partial charge in [-0.2, -0.15) is 0 Å². The standard InChI is InChI=1S/C12H15N3OS/c1-7-6-10(9(3)17-7)8(2)15-11-12(16)14-5-4-13-11/h4-6,8H,1-3H3,(H,13,15)(H,14,16). The van der Waals surface area contributed by atoms with E-state index in [1.54, 1.807) is 17.5 Å². The fourth-order valence-corrected chi connectivity index (χ4v) is 2.84. The van der Waals surface area contributed by atoms with Crippen LogP contribution in [0.5, 0.6) is 0 Å². The first-order chi connectivity index (χ1) is 8.08. The fourth-order valence-electron chi connectivity index (χ4n) is 1.82. The third kappa shape index (κ3) is 2.55. The van der Waals surface area contributed by atoms with Crippen LogP contribution in [0.3, 0.4) is 0 Å². The molecule has 2 aromatic heterocycles. The minimum atomic E-state index is -0.191. The molecule has 0 saturated heterocycles. The second-order valence-electron chi connectivity index (χ2n) is 4.00. The van der Waals surface area contributed by atoms with Gasteiger partial charge in [-0.15, -0.1) is 11.3 Å². The Labute approximate surface area is 104 Å². The fraction of sp³-hybridized carbons (Fsp3) is 0.333. The number of aromatic amines is 1. The minimum Gasteiger partial charge on any atom is -0.359 e. The summed E-state index contributed by atoms with van der Waals surface area (Å²) in [4.78, 5) is 20.7. The first kappa shape index (κ1) is 11.9. The lowest BCUT2D eigenvalue weighted by atomic mass is 10.1. The smallest absolute Gasteiger partial charge is 0.290 e. The summed E-state index contributed by atoms with van der Waals surface area (Å²) < 4.78 is 0. The van der Waals surface area contributed by atoms with Crippen molar-refractivity contribution < 1.29 is 0 Å². The molecule has 0 radical (unpaired) electrons. The maximum atomic E-state index is 11.5. The SMILES string of the molecule is Cc1cc(C(C)Nc2ncc[nH]c2=O)c(C)s1. The molecule has 4 nitrogen and oxygen atoms in total. The topological polar surface area (TPSA) is 57.8 Å². The van der Waals surface area contributed by atoms with Crippen LogP contribution in [0.4, 0.5) is 5.82 Å². The van der Waals surface area contributed by atoms with E-state index in [0.717, 1.165) is 0 Å². The van der Waals surface area contributed by atoms with Crippen LogP contribution < -0.4 is 10.9 Å². The molecule has 1 atom stereocenters. The predicted molar refractivity (Wildman–Crippen MR) is 70.7 cm³/mol. The van der Waals surface area contributed by atoms with Crippen molar-refractivity contribution in [3.05, 3.63) is 44.1 Å². The van der Waals surface area contributed by atoms with Crippen LogP contribution in [-0.4, -0.2) is 9.97 Å².